The molecule has 3 N–H and O–H groups in total. The van der Waals surface area contributed by atoms with E-state index in [1.54, 1.807) is 47.3 Å². The Hall–Kier alpha value is -2.31. The number of fused-ring (bicyclic) bond motifs is 1. The minimum absolute atomic E-state index is 0.364. The lowest BCUT2D eigenvalue weighted by atomic mass is 10.3. The van der Waals surface area contributed by atoms with E-state index in [0.29, 0.717) is 28.1 Å². The smallest absolute Gasteiger partial charge is 0.265 e. The highest BCUT2D eigenvalue weighted by atomic mass is 35.5. The maximum Gasteiger partial charge on any atom is 0.265 e. The van der Waals surface area contributed by atoms with E-state index in [1.165, 1.54) is 0 Å². The topological polar surface area (TPSA) is 77.5 Å². The predicted molar refractivity (Wildman–Crippen MR) is 72.3 cm³/mol. The molecule has 0 spiro atoms. The van der Waals surface area contributed by atoms with Crippen molar-refractivity contribution in [3.05, 3.63) is 47.9 Å². The summed E-state index contributed by atoms with van der Waals surface area (Å²) in [6.07, 6.45) is 5.16. The van der Waals surface area contributed by atoms with Crippen molar-refractivity contribution in [3.63, 3.8) is 0 Å². The first-order chi connectivity index (χ1) is 9.26. The highest BCUT2D eigenvalue weighted by Crippen LogP contribution is 2.25. The van der Waals surface area contributed by atoms with Gasteiger partial charge in [-0.1, -0.05) is 11.6 Å². The van der Waals surface area contributed by atoms with Crippen LogP contribution in [0.3, 0.4) is 0 Å². The molecule has 0 saturated heterocycles. The number of aromatic nitrogens is 3. The third kappa shape index (κ3) is 2.31. The highest BCUT2D eigenvalue weighted by Gasteiger charge is 2.09. The van der Waals surface area contributed by atoms with Crippen LogP contribution >= 0.6 is 11.6 Å². The van der Waals surface area contributed by atoms with Crippen LogP contribution < -0.4 is 16.0 Å². The fourth-order valence-electron chi connectivity index (χ4n) is 1.66. The minimum Gasteiger partial charge on any atom is -0.436 e. The Bertz CT molecular complexity index is 710. The molecule has 0 radical (unpaired) electrons. The first-order valence-electron chi connectivity index (χ1n) is 5.50. The SMILES string of the molecule is NNc1cn2ccnc2c(Oc2ccc(Cl)cc2)n1. The van der Waals surface area contributed by atoms with E-state index in [0.717, 1.165) is 0 Å². The summed E-state index contributed by atoms with van der Waals surface area (Å²) < 4.78 is 7.47. The van der Waals surface area contributed by atoms with Gasteiger partial charge in [0, 0.05) is 17.4 Å². The quantitative estimate of drug-likeness (QED) is 0.567. The maximum atomic E-state index is 5.83. The van der Waals surface area contributed by atoms with Crippen molar-refractivity contribution < 1.29 is 4.74 Å². The van der Waals surface area contributed by atoms with Crippen molar-refractivity contribution in [2.24, 2.45) is 5.84 Å². The van der Waals surface area contributed by atoms with Gasteiger partial charge in [0.25, 0.3) is 5.88 Å². The van der Waals surface area contributed by atoms with E-state index in [2.05, 4.69) is 15.4 Å². The van der Waals surface area contributed by atoms with E-state index in [1.807, 2.05) is 0 Å². The van der Waals surface area contributed by atoms with Crippen molar-refractivity contribution in [3.8, 4) is 11.6 Å². The zero-order chi connectivity index (χ0) is 13.2. The lowest BCUT2D eigenvalue weighted by molar-refractivity contribution is 0.465. The van der Waals surface area contributed by atoms with E-state index in [4.69, 9.17) is 22.2 Å². The van der Waals surface area contributed by atoms with Gasteiger partial charge in [-0.15, -0.1) is 0 Å². The maximum absolute atomic E-state index is 5.83. The Labute approximate surface area is 113 Å². The van der Waals surface area contributed by atoms with E-state index in [-0.39, 0.29) is 0 Å². The number of rotatable bonds is 3. The van der Waals surface area contributed by atoms with Gasteiger partial charge in [-0.2, -0.15) is 4.98 Å². The van der Waals surface area contributed by atoms with Crippen molar-refractivity contribution in [2.75, 3.05) is 5.43 Å². The van der Waals surface area contributed by atoms with Gasteiger partial charge >= 0.3 is 0 Å². The standard InChI is InChI=1S/C12H10ClN5O/c13-8-1-3-9(4-2-8)19-12-11-15-5-6-18(11)7-10(16-12)17-14/h1-7,17H,14H2. The fraction of sp³-hybridized carbons (Fsp3) is 0. The molecule has 0 aliphatic carbocycles. The lowest BCUT2D eigenvalue weighted by Gasteiger charge is -2.08. The molecule has 2 aromatic heterocycles. The summed E-state index contributed by atoms with van der Waals surface area (Å²) in [4.78, 5) is 8.42. The van der Waals surface area contributed by atoms with Crippen LogP contribution in [0, 0.1) is 0 Å². The molecule has 0 saturated carbocycles. The predicted octanol–water partition coefficient (Wildman–Crippen LogP) is 2.46. The van der Waals surface area contributed by atoms with Crippen molar-refractivity contribution in [2.45, 2.75) is 0 Å². The second kappa shape index (κ2) is 4.75. The molecule has 0 bridgehead atoms. The van der Waals surface area contributed by atoms with Gasteiger partial charge in [0.2, 0.25) is 5.65 Å². The summed E-state index contributed by atoms with van der Waals surface area (Å²) in [5.74, 6) is 6.84. The average Bonchev–Trinajstić information content (AvgIpc) is 2.89. The van der Waals surface area contributed by atoms with Gasteiger partial charge in [-0.3, -0.25) is 4.40 Å². The number of benzene rings is 1. The van der Waals surface area contributed by atoms with Crippen LogP contribution in [-0.2, 0) is 0 Å². The summed E-state index contributed by atoms with van der Waals surface area (Å²) >= 11 is 5.83. The Morgan fingerprint density at radius 1 is 1.26 bits per heavy atom. The normalized spacial score (nSPS) is 10.6. The molecule has 0 fully saturated rings. The number of nitrogens with one attached hydrogen (secondary N) is 1. The van der Waals surface area contributed by atoms with E-state index < -0.39 is 0 Å². The molecule has 19 heavy (non-hydrogen) atoms. The molecule has 0 atom stereocenters. The molecule has 6 nitrogen and oxygen atoms in total. The summed E-state index contributed by atoms with van der Waals surface area (Å²) in [6, 6.07) is 6.99. The molecule has 1 aromatic carbocycles. The van der Waals surface area contributed by atoms with Gasteiger partial charge in [0.05, 0.1) is 6.20 Å². The zero-order valence-electron chi connectivity index (χ0n) is 9.75. The van der Waals surface area contributed by atoms with Crippen LogP contribution in [0.4, 0.5) is 5.82 Å². The largest absolute Gasteiger partial charge is 0.436 e. The molecular formula is C12H10ClN5O. The second-order valence-electron chi connectivity index (χ2n) is 3.79. The van der Waals surface area contributed by atoms with Crippen LogP contribution in [0.1, 0.15) is 0 Å². The zero-order valence-corrected chi connectivity index (χ0v) is 10.5. The van der Waals surface area contributed by atoms with Crippen LogP contribution in [0.5, 0.6) is 11.6 Å². The monoisotopic (exact) mass is 275 g/mol. The third-order valence-corrected chi connectivity index (χ3v) is 2.77. The molecule has 0 aliphatic heterocycles. The fourth-order valence-corrected chi connectivity index (χ4v) is 1.78. The molecule has 3 rings (SSSR count). The minimum atomic E-state index is 0.364. The highest BCUT2D eigenvalue weighted by molar-refractivity contribution is 6.30. The van der Waals surface area contributed by atoms with Crippen LogP contribution in [0.25, 0.3) is 5.65 Å². The number of hydrogen-bond acceptors (Lipinski definition) is 5. The number of ether oxygens (including phenoxy) is 1. The number of halogens is 1. The number of nitrogen functional groups attached to an aromatic ring is 1. The molecular weight excluding hydrogens is 266 g/mol. The molecule has 3 aromatic rings. The summed E-state index contributed by atoms with van der Waals surface area (Å²) in [5, 5.41) is 0.642. The average molecular weight is 276 g/mol. The molecule has 0 amide bonds. The van der Waals surface area contributed by atoms with Crippen molar-refractivity contribution >= 4 is 23.1 Å². The van der Waals surface area contributed by atoms with Crippen LogP contribution in [-0.4, -0.2) is 14.4 Å². The summed E-state index contributed by atoms with van der Waals surface area (Å²) in [5.41, 5.74) is 3.09. The number of nitrogens with two attached hydrogens (primary N) is 1. The lowest BCUT2D eigenvalue weighted by Crippen LogP contribution is -2.10. The van der Waals surface area contributed by atoms with Crippen LogP contribution in [0.15, 0.2) is 42.9 Å². The number of hydrazine groups is 1. The second-order valence-corrected chi connectivity index (χ2v) is 4.23. The first kappa shape index (κ1) is 11.8. The van der Waals surface area contributed by atoms with Crippen molar-refractivity contribution in [1.29, 1.82) is 0 Å². The number of anilines is 1. The van der Waals surface area contributed by atoms with Gasteiger partial charge in [0.15, 0.2) is 5.82 Å². The van der Waals surface area contributed by atoms with Gasteiger partial charge < -0.3 is 10.2 Å². The molecule has 2 heterocycles. The van der Waals surface area contributed by atoms with Crippen molar-refractivity contribution in [1.82, 2.24) is 14.4 Å². The molecule has 7 heteroatoms. The Balaban J connectivity index is 2.03. The number of hydrogen-bond donors (Lipinski definition) is 2. The molecule has 0 aliphatic rings. The number of imidazole rings is 1. The van der Waals surface area contributed by atoms with E-state index >= 15 is 0 Å². The third-order valence-electron chi connectivity index (χ3n) is 2.52. The Morgan fingerprint density at radius 3 is 2.79 bits per heavy atom. The summed E-state index contributed by atoms with van der Waals surface area (Å²) in [7, 11) is 0. The molecule has 96 valence electrons. The first-order valence-corrected chi connectivity index (χ1v) is 5.88. The van der Waals surface area contributed by atoms with Gasteiger partial charge in [0.1, 0.15) is 5.75 Å². The Kier molecular flexibility index (Phi) is 2.94. The van der Waals surface area contributed by atoms with Crippen LogP contribution in [0.2, 0.25) is 5.02 Å². The van der Waals surface area contributed by atoms with Gasteiger partial charge in [-0.25, -0.2) is 10.8 Å². The van der Waals surface area contributed by atoms with Gasteiger partial charge in [-0.05, 0) is 24.3 Å². The summed E-state index contributed by atoms with van der Waals surface area (Å²) in [6.45, 7) is 0. The Morgan fingerprint density at radius 2 is 2.05 bits per heavy atom. The number of nitrogens with zero attached hydrogens (tertiary/aromatic N) is 3. The van der Waals surface area contributed by atoms with E-state index in [9.17, 15) is 0 Å². The molecule has 0 unspecified atom stereocenters.